The number of pyridine rings is 2. The number of nitrogens with zero attached hydrogens (tertiary/aromatic N) is 5. The Morgan fingerprint density at radius 1 is 1.03 bits per heavy atom. The van der Waals surface area contributed by atoms with E-state index in [-0.39, 0.29) is 17.9 Å². The molecule has 4 rings (SSSR count). The highest BCUT2D eigenvalue weighted by Gasteiger charge is 2.27. The van der Waals surface area contributed by atoms with Crippen LogP contribution in [0.4, 0.5) is 5.95 Å². The molecule has 0 saturated carbocycles. The minimum Gasteiger partial charge on any atom is -0.352 e. The zero-order valence-electron chi connectivity index (χ0n) is 17.3. The molecule has 1 aliphatic rings. The third kappa shape index (κ3) is 4.45. The van der Waals surface area contributed by atoms with Crippen LogP contribution >= 0.6 is 0 Å². The summed E-state index contributed by atoms with van der Waals surface area (Å²) in [5.41, 5.74) is 3.82. The number of hydrogen-bond donors (Lipinski definition) is 1. The first-order valence-electron chi connectivity index (χ1n) is 10.3. The molecule has 3 aromatic rings. The Hall–Kier alpha value is -3.35. The quantitative estimate of drug-likeness (QED) is 0.699. The van der Waals surface area contributed by atoms with Crippen LogP contribution in [-0.4, -0.2) is 49.9 Å². The lowest BCUT2D eigenvalue weighted by atomic mass is 9.89. The average Bonchev–Trinajstić information content (AvgIpc) is 2.79. The Labute approximate surface area is 176 Å². The van der Waals surface area contributed by atoms with Gasteiger partial charge in [0.15, 0.2) is 0 Å². The number of rotatable bonds is 5. The van der Waals surface area contributed by atoms with Crippen LogP contribution in [0.5, 0.6) is 0 Å². The summed E-state index contributed by atoms with van der Waals surface area (Å²) in [7, 11) is 0. The van der Waals surface area contributed by atoms with Crippen LogP contribution in [0.2, 0.25) is 0 Å². The highest BCUT2D eigenvalue weighted by molar-refractivity contribution is 5.94. The summed E-state index contributed by atoms with van der Waals surface area (Å²) in [6, 6.07) is 7.76. The van der Waals surface area contributed by atoms with Crippen LogP contribution in [0.25, 0.3) is 11.1 Å². The third-order valence-corrected chi connectivity index (χ3v) is 5.32. The molecule has 0 spiro atoms. The fourth-order valence-electron chi connectivity index (χ4n) is 3.82. The van der Waals surface area contributed by atoms with Crippen LogP contribution in [0.15, 0.2) is 55.2 Å². The van der Waals surface area contributed by atoms with Crippen LogP contribution < -0.4 is 5.32 Å². The lowest BCUT2D eigenvalue weighted by molar-refractivity contribution is 0.0712. The predicted octanol–water partition coefficient (Wildman–Crippen LogP) is 3.77. The van der Waals surface area contributed by atoms with Gasteiger partial charge in [-0.1, -0.05) is 0 Å². The number of aromatic nitrogens is 4. The number of anilines is 1. The van der Waals surface area contributed by atoms with E-state index in [9.17, 15) is 4.79 Å². The molecule has 0 aliphatic carbocycles. The number of carbonyl (C=O) groups is 1. The molecule has 1 N–H and O–H groups in total. The lowest BCUT2D eigenvalue weighted by Crippen LogP contribution is -2.38. The highest BCUT2D eigenvalue weighted by Crippen LogP contribution is 2.34. The maximum absolute atomic E-state index is 12.8. The highest BCUT2D eigenvalue weighted by atomic mass is 16.2. The molecule has 0 radical (unpaired) electrons. The Balaban J connectivity index is 1.56. The van der Waals surface area contributed by atoms with E-state index in [1.54, 1.807) is 36.9 Å². The van der Waals surface area contributed by atoms with Crippen LogP contribution in [0.1, 0.15) is 48.7 Å². The van der Waals surface area contributed by atoms with Crippen LogP contribution in [0.3, 0.4) is 0 Å². The maximum Gasteiger partial charge on any atom is 0.253 e. The predicted molar refractivity (Wildman–Crippen MR) is 116 cm³/mol. The molecule has 0 aromatic carbocycles. The molecule has 0 bridgehead atoms. The Morgan fingerprint density at radius 2 is 1.67 bits per heavy atom. The van der Waals surface area contributed by atoms with Gasteiger partial charge in [0.25, 0.3) is 5.91 Å². The molecule has 154 valence electrons. The summed E-state index contributed by atoms with van der Waals surface area (Å²) >= 11 is 0. The van der Waals surface area contributed by atoms with Gasteiger partial charge < -0.3 is 10.2 Å². The van der Waals surface area contributed by atoms with Gasteiger partial charge in [0, 0.05) is 67.2 Å². The second-order valence-corrected chi connectivity index (χ2v) is 7.83. The third-order valence-electron chi connectivity index (χ3n) is 5.32. The summed E-state index contributed by atoms with van der Waals surface area (Å²) in [4.78, 5) is 32.2. The Bertz CT molecular complexity index is 985. The van der Waals surface area contributed by atoms with E-state index in [4.69, 9.17) is 4.98 Å². The number of piperidine rings is 1. The summed E-state index contributed by atoms with van der Waals surface area (Å²) in [6.07, 6.45) is 10.5. The second-order valence-electron chi connectivity index (χ2n) is 7.83. The topological polar surface area (TPSA) is 83.9 Å². The van der Waals surface area contributed by atoms with Crippen molar-refractivity contribution in [3.8, 4) is 11.1 Å². The molecule has 1 saturated heterocycles. The normalized spacial score (nSPS) is 14.7. The van der Waals surface area contributed by atoms with Crippen molar-refractivity contribution in [1.82, 2.24) is 24.8 Å². The van der Waals surface area contributed by atoms with Gasteiger partial charge in [0.1, 0.15) is 0 Å². The smallest absolute Gasteiger partial charge is 0.253 e. The molecule has 3 aromatic heterocycles. The largest absolute Gasteiger partial charge is 0.352 e. The molecule has 30 heavy (non-hydrogen) atoms. The van der Waals surface area contributed by atoms with Gasteiger partial charge in [-0.15, -0.1) is 0 Å². The van der Waals surface area contributed by atoms with Gasteiger partial charge in [0.05, 0.1) is 5.69 Å². The average molecular weight is 403 g/mol. The molecule has 0 unspecified atom stereocenters. The van der Waals surface area contributed by atoms with Gasteiger partial charge in [-0.3, -0.25) is 14.8 Å². The fourth-order valence-corrected chi connectivity index (χ4v) is 3.82. The van der Waals surface area contributed by atoms with E-state index < -0.39 is 0 Å². The van der Waals surface area contributed by atoms with Gasteiger partial charge in [-0.25, -0.2) is 9.97 Å². The van der Waals surface area contributed by atoms with Crippen LogP contribution in [0, 0.1) is 0 Å². The summed E-state index contributed by atoms with van der Waals surface area (Å²) < 4.78 is 0. The van der Waals surface area contributed by atoms with Crippen molar-refractivity contribution in [2.75, 3.05) is 18.4 Å². The molecule has 1 fully saturated rings. The van der Waals surface area contributed by atoms with Crippen LogP contribution in [-0.2, 0) is 0 Å². The second kappa shape index (κ2) is 8.98. The van der Waals surface area contributed by atoms with Gasteiger partial charge in [-0.2, -0.15) is 0 Å². The van der Waals surface area contributed by atoms with Crippen molar-refractivity contribution in [3.63, 3.8) is 0 Å². The first-order chi connectivity index (χ1) is 14.6. The van der Waals surface area contributed by atoms with E-state index in [1.807, 2.05) is 23.2 Å². The Morgan fingerprint density at radius 3 is 2.30 bits per heavy atom. The number of carbonyl (C=O) groups excluding carboxylic acids is 1. The van der Waals surface area contributed by atoms with Crippen molar-refractivity contribution in [2.45, 2.75) is 38.6 Å². The zero-order valence-corrected chi connectivity index (χ0v) is 17.3. The Kier molecular flexibility index (Phi) is 5.97. The van der Waals surface area contributed by atoms with Crippen molar-refractivity contribution < 1.29 is 4.79 Å². The van der Waals surface area contributed by atoms with Gasteiger partial charge >= 0.3 is 0 Å². The van der Waals surface area contributed by atoms with E-state index in [2.05, 4.69) is 34.1 Å². The van der Waals surface area contributed by atoms with Crippen molar-refractivity contribution >= 4 is 11.9 Å². The summed E-state index contributed by atoms with van der Waals surface area (Å²) in [5.74, 6) is 0.980. The monoisotopic (exact) mass is 402 g/mol. The first kappa shape index (κ1) is 19.9. The molecule has 7 nitrogen and oxygen atoms in total. The van der Waals surface area contributed by atoms with E-state index >= 15 is 0 Å². The number of nitrogens with one attached hydrogen (secondary N) is 1. The van der Waals surface area contributed by atoms with E-state index in [1.165, 1.54) is 0 Å². The summed E-state index contributed by atoms with van der Waals surface area (Å²) in [5, 5.41) is 3.31. The lowest BCUT2D eigenvalue weighted by Gasteiger charge is -2.32. The molecular formula is C23H26N6O. The van der Waals surface area contributed by atoms with Crippen molar-refractivity contribution in [1.29, 1.82) is 0 Å². The van der Waals surface area contributed by atoms with Crippen molar-refractivity contribution in [3.05, 3.63) is 66.5 Å². The molecule has 4 heterocycles. The first-order valence-corrected chi connectivity index (χ1v) is 10.3. The van der Waals surface area contributed by atoms with Crippen molar-refractivity contribution in [2.24, 2.45) is 0 Å². The minimum absolute atomic E-state index is 0.0649. The fraction of sp³-hybridized carbons (Fsp3) is 0.348. The number of likely N-dealkylation sites (tertiary alicyclic amines) is 1. The number of amides is 1. The van der Waals surface area contributed by atoms with E-state index in [0.717, 1.165) is 29.7 Å². The molecule has 0 atom stereocenters. The number of hydrogen-bond acceptors (Lipinski definition) is 6. The SMILES string of the molecule is CC(C)Nc1ncc(-c2ccncc2)c(C2CCN(C(=O)c3ccncc3)CC2)n1. The van der Waals surface area contributed by atoms with Gasteiger partial charge in [-0.05, 0) is 56.5 Å². The minimum atomic E-state index is 0.0649. The van der Waals surface area contributed by atoms with Gasteiger partial charge in [0.2, 0.25) is 5.95 Å². The molecular weight excluding hydrogens is 376 g/mol. The standard InChI is InChI=1S/C23H26N6O/c1-16(2)27-23-26-15-20(17-3-9-24-10-4-17)21(28-23)18-7-13-29(14-8-18)22(30)19-5-11-25-12-6-19/h3-6,9-12,15-16,18H,7-8,13-14H2,1-2H3,(H,26,27,28). The summed E-state index contributed by atoms with van der Waals surface area (Å²) in [6.45, 7) is 5.56. The molecule has 7 heteroatoms. The zero-order chi connectivity index (χ0) is 20.9. The van der Waals surface area contributed by atoms with E-state index in [0.29, 0.717) is 24.6 Å². The molecule has 1 amide bonds. The maximum atomic E-state index is 12.8. The molecule has 1 aliphatic heterocycles.